The molecular weight excluding hydrogens is 446 g/mol. The van der Waals surface area contributed by atoms with Gasteiger partial charge < -0.3 is 9.80 Å². The molecule has 2 fully saturated rings. The Morgan fingerprint density at radius 1 is 0.889 bits per heavy atom. The number of likely N-dealkylation sites (tertiary alicyclic amines) is 1. The Hall–Kier alpha value is -3.44. The van der Waals surface area contributed by atoms with Crippen molar-refractivity contribution in [2.45, 2.75) is 56.8 Å². The molecule has 5 heteroatoms. The van der Waals surface area contributed by atoms with Crippen LogP contribution < -0.4 is 5.32 Å². The summed E-state index contributed by atoms with van der Waals surface area (Å²) >= 11 is 0. The van der Waals surface area contributed by atoms with Gasteiger partial charge >= 0.3 is 0 Å². The summed E-state index contributed by atoms with van der Waals surface area (Å²) in [7, 11) is 0. The number of amides is 2. The van der Waals surface area contributed by atoms with Crippen molar-refractivity contribution in [3.63, 3.8) is 0 Å². The third-order valence-corrected chi connectivity index (χ3v) is 7.76. The van der Waals surface area contributed by atoms with Crippen molar-refractivity contribution in [1.82, 2.24) is 15.1 Å². The highest BCUT2D eigenvalue weighted by Crippen LogP contribution is 2.36. The number of carbonyl (C=O) groups excluding carboxylic acids is 2. The molecule has 0 saturated carbocycles. The monoisotopic (exact) mass is 481 g/mol. The lowest BCUT2D eigenvalue weighted by Crippen LogP contribution is -2.61. The Morgan fingerprint density at radius 2 is 1.44 bits per heavy atom. The normalized spacial score (nSPS) is 20.0. The molecule has 0 bridgehead atoms. The van der Waals surface area contributed by atoms with Crippen molar-refractivity contribution in [2.75, 3.05) is 13.1 Å². The van der Waals surface area contributed by atoms with Crippen LogP contribution in [0, 0.1) is 0 Å². The zero-order chi connectivity index (χ0) is 25.0. The summed E-state index contributed by atoms with van der Waals surface area (Å²) in [5, 5.41) is 3.77. The van der Waals surface area contributed by atoms with Gasteiger partial charge in [-0.05, 0) is 49.4 Å². The van der Waals surface area contributed by atoms with Crippen LogP contribution in [0.4, 0.5) is 0 Å². The molecule has 0 radical (unpaired) electrons. The number of piperidine rings is 1. The Bertz CT molecular complexity index is 1160. The number of hydrogen-bond acceptors (Lipinski definition) is 3. The highest BCUT2D eigenvalue weighted by atomic mass is 16.2. The van der Waals surface area contributed by atoms with Gasteiger partial charge in [0.15, 0.2) is 0 Å². The second-order valence-corrected chi connectivity index (χ2v) is 10.2. The fraction of sp³-hybridized carbons (Fsp3) is 0.355. The van der Waals surface area contributed by atoms with E-state index in [4.69, 9.17) is 0 Å². The molecule has 2 amide bonds. The molecule has 0 unspecified atom stereocenters. The summed E-state index contributed by atoms with van der Waals surface area (Å²) in [4.78, 5) is 31.0. The molecule has 2 aliphatic heterocycles. The maximum Gasteiger partial charge on any atom is 0.253 e. The van der Waals surface area contributed by atoms with Crippen LogP contribution in [0.5, 0.6) is 0 Å². The SMILES string of the molecule is C[C@H](CCc1ccccc1)N1C(=O)[C@@H](Cc2ccccc2)NC12CCN(C(=O)c1ccccc1)CC2. The first-order valence-corrected chi connectivity index (χ1v) is 13.1. The van der Waals surface area contributed by atoms with E-state index in [9.17, 15) is 9.59 Å². The van der Waals surface area contributed by atoms with Crippen LogP contribution in [0.15, 0.2) is 91.0 Å². The van der Waals surface area contributed by atoms with Crippen LogP contribution in [-0.4, -0.2) is 52.5 Å². The molecule has 0 aliphatic carbocycles. The van der Waals surface area contributed by atoms with Gasteiger partial charge in [-0.15, -0.1) is 0 Å². The second kappa shape index (κ2) is 10.7. The van der Waals surface area contributed by atoms with Gasteiger partial charge in [0.2, 0.25) is 5.91 Å². The first-order valence-electron chi connectivity index (χ1n) is 13.1. The molecule has 0 aromatic heterocycles. The molecule has 1 spiro atoms. The van der Waals surface area contributed by atoms with Gasteiger partial charge in [-0.25, -0.2) is 0 Å². The molecule has 2 heterocycles. The quantitative estimate of drug-likeness (QED) is 0.533. The van der Waals surface area contributed by atoms with E-state index in [0.29, 0.717) is 19.5 Å². The maximum absolute atomic E-state index is 13.9. The van der Waals surface area contributed by atoms with Crippen LogP contribution in [-0.2, 0) is 17.6 Å². The van der Waals surface area contributed by atoms with Crippen LogP contribution in [0.2, 0.25) is 0 Å². The Balaban J connectivity index is 1.34. The number of aryl methyl sites for hydroxylation is 1. The molecule has 1 N–H and O–H groups in total. The van der Waals surface area contributed by atoms with Gasteiger partial charge in [0.25, 0.3) is 5.91 Å². The predicted molar refractivity (Wildman–Crippen MR) is 142 cm³/mol. The number of benzene rings is 3. The molecule has 186 valence electrons. The van der Waals surface area contributed by atoms with Gasteiger partial charge in [0.1, 0.15) is 0 Å². The van der Waals surface area contributed by atoms with E-state index in [1.54, 1.807) is 0 Å². The molecular formula is C31H35N3O2. The summed E-state index contributed by atoms with van der Waals surface area (Å²) in [6.45, 7) is 3.44. The lowest BCUT2D eigenvalue weighted by Gasteiger charge is -2.47. The second-order valence-electron chi connectivity index (χ2n) is 10.2. The molecule has 3 aromatic rings. The van der Waals surface area contributed by atoms with Crippen molar-refractivity contribution in [3.05, 3.63) is 108 Å². The largest absolute Gasteiger partial charge is 0.338 e. The van der Waals surface area contributed by atoms with Gasteiger partial charge in [0.05, 0.1) is 11.7 Å². The molecule has 5 rings (SSSR count). The van der Waals surface area contributed by atoms with Gasteiger partial charge in [0, 0.05) is 37.5 Å². The number of carbonyl (C=O) groups is 2. The minimum absolute atomic E-state index is 0.0688. The minimum atomic E-state index is -0.417. The van der Waals surface area contributed by atoms with Crippen molar-refractivity contribution in [1.29, 1.82) is 0 Å². The standard InChI is InChI=1S/C31H35N3O2/c1-24(17-18-25-11-5-2-6-12-25)34-30(36)28(23-26-13-7-3-8-14-26)32-31(34)19-21-33(22-20-31)29(35)27-15-9-4-10-16-27/h2-16,24,28,32H,17-23H2,1H3/t24-,28-/m1/s1. The van der Waals surface area contributed by atoms with Gasteiger partial charge in [-0.3, -0.25) is 14.9 Å². The zero-order valence-electron chi connectivity index (χ0n) is 21.0. The van der Waals surface area contributed by atoms with Gasteiger partial charge in [-0.1, -0.05) is 78.9 Å². The fourth-order valence-corrected chi connectivity index (χ4v) is 5.84. The highest BCUT2D eigenvalue weighted by Gasteiger charge is 2.53. The Labute approximate surface area is 214 Å². The topological polar surface area (TPSA) is 52.7 Å². The number of rotatable bonds is 7. The Kier molecular flexibility index (Phi) is 7.19. The van der Waals surface area contributed by atoms with Crippen LogP contribution in [0.1, 0.15) is 47.7 Å². The van der Waals surface area contributed by atoms with Crippen LogP contribution >= 0.6 is 0 Å². The molecule has 2 saturated heterocycles. The van der Waals surface area contributed by atoms with Crippen LogP contribution in [0.25, 0.3) is 0 Å². The summed E-state index contributed by atoms with van der Waals surface area (Å²) < 4.78 is 0. The fourth-order valence-electron chi connectivity index (χ4n) is 5.84. The number of nitrogens with zero attached hydrogens (tertiary/aromatic N) is 2. The molecule has 2 atom stereocenters. The molecule has 5 nitrogen and oxygen atoms in total. The number of hydrogen-bond donors (Lipinski definition) is 1. The first kappa shape index (κ1) is 24.3. The smallest absolute Gasteiger partial charge is 0.253 e. The van der Waals surface area contributed by atoms with E-state index in [2.05, 4.69) is 53.5 Å². The van der Waals surface area contributed by atoms with Gasteiger partial charge in [-0.2, -0.15) is 0 Å². The average Bonchev–Trinajstić information content (AvgIpc) is 3.19. The number of nitrogens with one attached hydrogen (secondary N) is 1. The maximum atomic E-state index is 13.9. The summed E-state index contributed by atoms with van der Waals surface area (Å²) in [6, 6.07) is 30.0. The van der Waals surface area contributed by atoms with E-state index in [1.807, 2.05) is 59.5 Å². The first-order chi connectivity index (χ1) is 17.6. The Morgan fingerprint density at radius 3 is 2.06 bits per heavy atom. The highest BCUT2D eigenvalue weighted by molar-refractivity contribution is 5.94. The van der Waals surface area contributed by atoms with E-state index in [-0.39, 0.29) is 23.9 Å². The van der Waals surface area contributed by atoms with Crippen LogP contribution in [0.3, 0.4) is 0 Å². The van der Waals surface area contributed by atoms with Crippen molar-refractivity contribution in [2.24, 2.45) is 0 Å². The predicted octanol–water partition coefficient (Wildman–Crippen LogP) is 4.68. The molecule has 2 aliphatic rings. The van der Waals surface area contributed by atoms with Crippen molar-refractivity contribution < 1.29 is 9.59 Å². The summed E-state index contributed by atoms with van der Waals surface area (Å²) in [6.07, 6.45) is 3.99. The van der Waals surface area contributed by atoms with Crippen molar-refractivity contribution in [3.8, 4) is 0 Å². The average molecular weight is 482 g/mol. The molecule has 3 aromatic carbocycles. The third kappa shape index (κ3) is 5.07. The van der Waals surface area contributed by atoms with E-state index < -0.39 is 5.66 Å². The zero-order valence-corrected chi connectivity index (χ0v) is 21.0. The minimum Gasteiger partial charge on any atom is -0.338 e. The lowest BCUT2D eigenvalue weighted by molar-refractivity contribution is -0.136. The molecule has 36 heavy (non-hydrogen) atoms. The van der Waals surface area contributed by atoms with E-state index >= 15 is 0 Å². The van der Waals surface area contributed by atoms with E-state index in [1.165, 1.54) is 5.56 Å². The summed E-state index contributed by atoms with van der Waals surface area (Å²) in [5.41, 5.74) is 2.76. The third-order valence-electron chi connectivity index (χ3n) is 7.76. The van der Waals surface area contributed by atoms with E-state index in [0.717, 1.165) is 36.8 Å². The lowest BCUT2D eigenvalue weighted by atomic mass is 9.93. The summed E-state index contributed by atoms with van der Waals surface area (Å²) in [5.74, 6) is 0.251. The van der Waals surface area contributed by atoms with Crippen molar-refractivity contribution >= 4 is 11.8 Å².